The fourth-order valence-electron chi connectivity index (χ4n) is 2.46. The molecule has 1 fully saturated rings. The molecule has 4 heteroatoms. The average Bonchev–Trinajstić information content (AvgIpc) is 2.41. The fraction of sp³-hybridized carbons (Fsp3) is 0.571. The summed E-state index contributed by atoms with van der Waals surface area (Å²) in [6.07, 6.45) is 4.74. The second kappa shape index (κ2) is 6.88. The molecule has 1 nitrogen and oxygen atoms in total. The molecule has 2 rings (SSSR count). The van der Waals surface area contributed by atoms with Gasteiger partial charge in [0.05, 0.1) is 4.47 Å². The van der Waals surface area contributed by atoms with Crippen LogP contribution in [-0.2, 0) is 6.54 Å². The predicted molar refractivity (Wildman–Crippen MR) is 77.4 cm³/mol. The number of hydrogen-bond acceptors (Lipinski definition) is 1. The van der Waals surface area contributed by atoms with Crippen LogP contribution in [-0.4, -0.2) is 11.9 Å². The van der Waals surface area contributed by atoms with E-state index >= 15 is 0 Å². The minimum absolute atomic E-state index is 0.194. The van der Waals surface area contributed by atoms with Crippen LogP contribution in [0.5, 0.6) is 0 Å². The van der Waals surface area contributed by atoms with Gasteiger partial charge in [-0.25, -0.2) is 4.39 Å². The fourth-order valence-corrected chi connectivity index (χ4v) is 3.17. The highest BCUT2D eigenvalue weighted by Crippen LogP contribution is 2.26. The molecule has 0 unspecified atom stereocenters. The monoisotopic (exact) mass is 333 g/mol. The van der Waals surface area contributed by atoms with E-state index in [2.05, 4.69) is 21.2 Å². The summed E-state index contributed by atoms with van der Waals surface area (Å²) in [5.41, 5.74) is 0.981. The topological polar surface area (TPSA) is 12.0 Å². The highest BCUT2D eigenvalue weighted by Gasteiger charge is 2.20. The van der Waals surface area contributed by atoms with Crippen molar-refractivity contribution in [1.29, 1.82) is 0 Å². The first-order valence-corrected chi connectivity index (χ1v) is 7.75. The van der Waals surface area contributed by atoms with Crippen LogP contribution >= 0.6 is 27.5 Å². The summed E-state index contributed by atoms with van der Waals surface area (Å²) in [6.45, 7) is 0.717. The van der Waals surface area contributed by atoms with Gasteiger partial charge >= 0.3 is 0 Å². The van der Waals surface area contributed by atoms with Crippen LogP contribution in [0.3, 0.4) is 0 Å². The first kappa shape index (κ1) is 14.3. The maximum Gasteiger partial charge on any atom is 0.137 e. The second-order valence-corrected chi connectivity index (χ2v) is 6.07. The normalized spacial score (nSPS) is 24.2. The quantitative estimate of drug-likeness (QED) is 0.801. The molecule has 0 spiro atoms. The number of alkyl halides is 1. The molecule has 1 aromatic carbocycles. The Hall–Kier alpha value is -0.120. The zero-order chi connectivity index (χ0) is 13.0. The molecular weight excluding hydrogens is 317 g/mol. The van der Waals surface area contributed by atoms with Crippen molar-refractivity contribution in [3.05, 3.63) is 34.1 Å². The predicted octanol–water partition coefficient (Wildman–Crippen LogP) is 4.48. The van der Waals surface area contributed by atoms with Gasteiger partial charge in [-0.05, 0) is 59.2 Å². The molecule has 0 atom stereocenters. The van der Waals surface area contributed by atoms with Crippen LogP contribution < -0.4 is 5.32 Å². The molecular formula is C14H18BrClFN. The third kappa shape index (κ3) is 3.69. The zero-order valence-electron chi connectivity index (χ0n) is 10.3. The van der Waals surface area contributed by atoms with Crippen LogP contribution in [0.25, 0.3) is 0 Å². The maximum absolute atomic E-state index is 13.4. The molecule has 0 bridgehead atoms. The van der Waals surface area contributed by atoms with Gasteiger partial charge in [0, 0.05) is 18.5 Å². The van der Waals surface area contributed by atoms with E-state index in [-0.39, 0.29) is 5.82 Å². The summed E-state index contributed by atoms with van der Waals surface area (Å²) < 4.78 is 13.9. The molecule has 0 heterocycles. The zero-order valence-corrected chi connectivity index (χ0v) is 12.6. The minimum Gasteiger partial charge on any atom is -0.310 e. The van der Waals surface area contributed by atoms with Gasteiger partial charge in [-0.2, -0.15) is 0 Å². The van der Waals surface area contributed by atoms with E-state index in [4.69, 9.17) is 11.6 Å². The first-order valence-electron chi connectivity index (χ1n) is 6.43. The summed E-state index contributed by atoms with van der Waals surface area (Å²) in [4.78, 5) is 0. The van der Waals surface area contributed by atoms with E-state index in [9.17, 15) is 4.39 Å². The van der Waals surface area contributed by atoms with Gasteiger partial charge in [0.15, 0.2) is 0 Å². The molecule has 0 amide bonds. The van der Waals surface area contributed by atoms with Crippen LogP contribution in [0.1, 0.15) is 31.2 Å². The summed E-state index contributed by atoms with van der Waals surface area (Å²) in [5.74, 6) is 1.27. The highest BCUT2D eigenvalue weighted by molar-refractivity contribution is 9.10. The lowest BCUT2D eigenvalue weighted by Gasteiger charge is -2.28. The van der Waals surface area contributed by atoms with E-state index in [1.54, 1.807) is 6.07 Å². The highest BCUT2D eigenvalue weighted by atomic mass is 79.9. The summed E-state index contributed by atoms with van der Waals surface area (Å²) in [7, 11) is 0. The smallest absolute Gasteiger partial charge is 0.137 e. The van der Waals surface area contributed by atoms with Crippen molar-refractivity contribution in [2.75, 3.05) is 5.88 Å². The van der Waals surface area contributed by atoms with Crippen LogP contribution in [0.4, 0.5) is 4.39 Å². The first-order chi connectivity index (χ1) is 8.70. The Kier molecular flexibility index (Phi) is 5.46. The van der Waals surface area contributed by atoms with Gasteiger partial charge in [-0.1, -0.05) is 12.1 Å². The second-order valence-electron chi connectivity index (χ2n) is 4.97. The molecule has 0 saturated heterocycles. The van der Waals surface area contributed by atoms with Gasteiger partial charge in [0.1, 0.15) is 5.82 Å². The van der Waals surface area contributed by atoms with E-state index in [0.29, 0.717) is 23.0 Å². The Labute approximate surface area is 121 Å². The largest absolute Gasteiger partial charge is 0.310 e. The Bertz CT molecular complexity index is 391. The molecule has 1 saturated carbocycles. The van der Waals surface area contributed by atoms with E-state index in [1.807, 2.05) is 6.07 Å². The van der Waals surface area contributed by atoms with Crippen molar-refractivity contribution in [2.45, 2.75) is 38.3 Å². The van der Waals surface area contributed by atoms with Gasteiger partial charge < -0.3 is 5.32 Å². The average molecular weight is 335 g/mol. The van der Waals surface area contributed by atoms with Crippen LogP contribution in [0, 0.1) is 11.7 Å². The van der Waals surface area contributed by atoms with Crippen molar-refractivity contribution in [2.24, 2.45) is 5.92 Å². The SMILES string of the molecule is Fc1cccc(CNC2CCC(CCl)CC2)c1Br. The maximum atomic E-state index is 13.4. The summed E-state index contributed by atoms with van der Waals surface area (Å²) in [5, 5.41) is 3.51. The Morgan fingerprint density at radius 3 is 2.67 bits per heavy atom. The minimum atomic E-state index is -0.194. The van der Waals surface area contributed by atoms with Crippen LogP contribution in [0.2, 0.25) is 0 Å². The number of benzene rings is 1. The number of hydrogen-bond donors (Lipinski definition) is 1. The van der Waals surface area contributed by atoms with Gasteiger partial charge in [-0.3, -0.25) is 0 Å². The molecule has 18 heavy (non-hydrogen) atoms. The van der Waals surface area contributed by atoms with E-state index in [0.717, 1.165) is 11.4 Å². The van der Waals surface area contributed by atoms with Crippen molar-refractivity contribution in [3.8, 4) is 0 Å². The summed E-state index contributed by atoms with van der Waals surface area (Å²) >= 11 is 9.16. The third-order valence-electron chi connectivity index (χ3n) is 3.68. The van der Waals surface area contributed by atoms with E-state index in [1.165, 1.54) is 31.7 Å². The van der Waals surface area contributed by atoms with Gasteiger partial charge in [0.2, 0.25) is 0 Å². The molecule has 0 aliphatic heterocycles. The number of halogens is 3. The molecule has 1 aliphatic carbocycles. The van der Waals surface area contributed by atoms with Crippen molar-refractivity contribution >= 4 is 27.5 Å². The lowest BCUT2D eigenvalue weighted by molar-refractivity contribution is 0.309. The molecule has 1 aromatic rings. The van der Waals surface area contributed by atoms with Crippen molar-refractivity contribution in [3.63, 3.8) is 0 Å². The van der Waals surface area contributed by atoms with E-state index < -0.39 is 0 Å². The lowest BCUT2D eigenvalue weighted by atomic mass is 9.87. The van der Waals surface area contributed by atoms with Gasteiger partial charge in [-0.15, -0.1) is 11.6 Å². The molecule has 0 aromatic heterocycles. The molecule has 1 aliphatic rings. The third-order valence-corrected chi connectivity index (χ3v) is 5.00. The standard InChI is InChI=1S/C14H18BrClFN/c15-14-11(2-1-3-13(14)17)9-18-12-6-4-10(8-16)5-7-12/h1-3,10,12,18H,4-9H2. The van der Waals surface area contributed by atoms with Crippen LogP contribution in [0.15, 0.2) is 22.7 Å². The van der Waals surface area contributed by atoms with Gasteiger partial charge in [0.25, 0.3) is 0 Å². The molecule has 0 radical (unpaired) electrons. The lowest BCUT2D eigenvalue weighted by Crippen LogP contribution is -2.33. The summed E-state index contributed by atoms with van der Waals surface area (Å²) in [6, 6.07) is 5.71. The van der Waals surface area contributed by atoms with Crippen molar-refractivity contribution < 1.29 is 4.39 Å². The Morgan fingerprint density at radius 1 is 1.28 bits per heavy atom. The number of nitrogens with one attached hydrogen (secondary N) is 1. The van der Waals surface area contributed by atoms with Crippen molar-refractivity contribution in [1.82, 2.24) is 5.32 Å². The Morgan fingerprint density at radius 2 is 2.00 bits per heavy atom. The Balaban J connectivity index is 1.83. The molecule has 100 valence electrons. The molecule has 1 N–H and O–H groups in total. The number of rotatable bonds is 4.